The minimum Gasteiger partial charge on any atom is -0.493 e. The highest BCUT2D eigenvalue weighted by molar-refractivity contribution is 7.90. The second-order valence-electron chi connectivity index (χ2n) is 4.39. The number of hydrogen-bond donors (Lipinski definition) is 1. The molecule has 1 aromatic rings. The molecule has 0 spiro atoms. The van der Waals surface area contributed by atoms with Gasteiger partial charge in [-0.25, -0.2) is 8.42 Å². The van der Waals surface area contributed by atoms with Gasteiger partial charge in [0.2, 0.25) is 0 Å². The minimum atomic E-state index is -3.15. The van der Waals surface area contributed by atoms with Crippen molar-refractivity contribution >= 4 is 21.4 Å². The average molecular weight is 290 g/mol. The predicted octanol–water partition coefficient (Wildman–Crippen LogP) is 1.54. The average Bonchev–Trinajstić information content (AvgIpc) is 2.74. The normalized spacial score (nSPS) is 14.3. The predicted molar refractivity (Wildman–Crippen MR) is 71.8 cm³/mol. The fourth-order valence-corrected chi connectivity index (χ4v) is 3.77. The molecule has 0 unspecified atom stereocenters. The van der Waals surface area contributed by atoms with Gasteiger partial charge in [-0.3, -0.25) is 0 Å². The van der Waals surface area contributed by atoms with Gasteiger partial charge in [-0.2, -0.15) is 0 Å². The lowest BCUT2D eigenvalue weighted by molar-refractivity contribution is 0.354. The van der Waals surface area contributed by atoms with Crippen LogP contribution in [0.15, 0.2) is 12.1 Å². The zero-order valence-electron chi connectivity index (χ0n) is 9.99. The molecule has 0 aliphatic carbocycles. The van der Waals surface area contributed by atoms with Crippen LogP contribution in [0.4, 0.5) is 0 Å². The number of sulfone groups is 1. The number of benzene rings is 1. The van der Waals surface area contributed by atoms with Gasteiger partial charge in [-0.15, -0.1) is 0 Å². The van der Waals surface area contributed by atoms with E-state index in [4.69, 9.17) is 22.1 Å². The zero-order valence-corrected chi connectivity index (χ0v) is 11.6. The molecule has 0 aromatic heterocycles. The van der Waals surface area contributed by atoms with E-state index in [1.54, 1.807) is 6.07 Å². The number of ether oxygens (including phenoxy) is 1. The van der Waals surface area contributed by atoms with Crippen molar-refractivity contribution in [2.45, 2.75) is 18.6 Å². The zero-order chi connectivity index (χ0) is 13.2. The Bertz CT molecular complexity index is 542. The highest BCUT2D eigenvalue weighted by Gasteiger charge is 2.21. The Morgan fingerprint density at radius 1 is 1.39 bits per heavy atom. The molecule has 2 N–H and O–H groups in total. The molecule has 0 radical (unpaired) electrons. The number of hydrogen-bond acceptors (Lipinski definition) is 4. The number of nitrogens with two attached hydrogens (primary N) is 1. The Morgan fingerprint density at radius 2 is 2.17 bits per heavy atom. The topological polar surface area (TPSA) is 69.4 Å². The van der Waals surface area contributed by atoms with E-state index in [1.807, 2.05) is 6.07 Å². The van der Waals surface area contributed by atoms with Gasteiger partial charge in [0, 0.05) is 17.0 Å². The molecule has 18 heavy (non-hydrogen) atoms. The van der Waals surface area contributed by atoms with Crippen LogP contribution in [-0.4, -0.2) is 27.3 Å². The number of halogens is 1. The first kappa shape index (κ1) is 13.6. The van der Waals surface area contributed by atoms with Crippen LogP contribution in [0.3, 0.4) is 0 Å². The van der Waals surface area contributed by atoms with Crippen LogP contribution in [0.25, 0.3) is 0 Å². The molecule has 0 saturated heterocycles. The van der Waals surface area contributed by atoms with E-state index in [1.165, 1.54) is 0 Å². The van der Waals surface area contributed by atoms with E-state index in [-0.39, 0.29) is 11.5 Å². The summed E-state index contributed by atoms with van der Waals surface area (Å²) in [6.07, 6.45) is 1.26. The molecule has 100 valence electrons. The molecule has 0 amide bonds. The Morgan fingerprint density at radius 3 is 2.89 bits per heavy atom. The summed E-state index contributed by atoms with van der Waals surface area (Å²) in [5, 5.41) is 0.559. The summed E-state index contributed by atoms with van der Waals surface area (Å²) in [6.45, 7) is 0.967. The van der Waals surface area contributed by atoms with Gasteiger partial charge in [-0.1, -0.05) is 11.6 Å². The second-order valence-corrected chi connectivity index (χ2v) is 7.01. The van der Waals surface area contributed by atoms with Crippen LogP contribution in [-0.2, 0) is 22.0 Å². The van der Waals surface area contributed by atoms with Crippen molar-refractivity contribution in [1.29, 1.82) is 0 Å². The smallest absolute Gasteiger partial charge is 0.154 e. The van der Waals surface area contributed by atoms with Gasteiger partial charge < -0.3 is 10.5 Å². The van der Waals surface area contributed by atoms with Gasteiger partial charge in [0.15, 0.2) is 9.84 Å². The van der Waals surface area contributed by atoms with Gasteiger partial charge >= 0.3 is 0 Å². The maximum atomic E-state index is 11.9. The van der Waals surface area contributed by atoms with Gasteiger partial charge in [0.25, 0.3) is 0 Å². The van der Waals surface area contributed by atoms with Gasteiger partial charge in [0.05, 0.1) is 18.1 Å². The van der Waals surface area contributed by atoms with Crippen LogP contribution < -0.4 is 10.5 Å². The minimum absolute atomic E-state index is 0.0319. The van der Waals surface area contributed by atoms with E-state index in [0.29, 0.717) is 35.9 Å². The lowest BCUT2D eigenvalue weighted by Gasteiger charge is -2.09. The quantitative estimate of drug-likeness (QED) is 0.893. The van der Waals surface area contributed by atoms with Crippen LogP contribution >= 0.6 is 11.6 Å². The summed E-state index contributed by atoms with van der Waals surface area (Å²) in [7, 11) is -3.15. The Balaban J connectivity index is 2.24. The summed E-state index contributed by atoms with van der Waals surface area (Å²) in [5.74, 6) is 0.761. The largest absolute Gasteiger partial charge is 0.493 e. The summed E-state index contributed by atoms with van der Waals surface area (Å²) >= 11 is 5.99. The third kappa shape index (κ3) is 3.16. The molecule has 0 atom stereocenters. The van der Waals surface area contributed by atoms with E-state index in [0.717, 1.165) is 12.0 Å². The highest BCUT2D eigenvalue weighted by Crippen LogP contribution is 2.33. The Kier molecular flexibility index (Phi) is 4.14. The molecule has 2 rings (SSSR count). The molecule has 1 aliphatic heterocycles. The van der Waals surface area contributed by atoms with Crippen LogP contribution in [0, 0.1) is 0 Å². The highest BCUT2D eigenvalue weighted by atomic mass is 35.5. The maximum absolute atomic E-state index is 11.9. The molecule has 0 saturated carbocycles. The lowest BCUT2D eigenvalue weighted by atomic mass is 10.1. The molecule has 1 aliphatic rings. The number of fused-ring (bicyclic) bond motifs is 1. The lowest BCUT2D eigenvalue weighted by Crippen LogP contribution is -2.13. The van der Waals surface area contributed by atoms with E-state index in [9.17, 15) is 8.42 Å². The molecule has 0 bridgehead atoms. The first-order valence-electron chi connectivity index (χ1n) is 5.86. The molecule has 4 nitrogen and oxygen atoms in total. The molecular weight excluding hydrogens is 274 g/mol. The maximum Gasteiger partial charge on any atom is 0.154 e. The molecule has 1 heterocycles. The van der Waals surface area contributed by atoms with Crippen molar-refractivity contribution in [2.24, 2.45) is 5.73 Å². The Hall–Kier alpha value is -0.780. The fourth-order valence-electron chi connectivity index (χ4n) is 2.07. The van der Waals surface area contributed by atoms with Crippen molar-refractivity contribution in [3.8, 4) is 5.75 Å². The third-order valence-electron chi connectivity index (χ3n) is 2.86. The van der Waals surface area contributed by atoms with Crippen molar-refractivity contribution < 1.29 is 13.2 Å². The third-order valence-corrected chi connectivity index (χ3v) is 4.74. The van der Waals surface area contributed by atoms with Crippen molar-refractivity contribution in [2.75, 3.05) is 18.9 Å². The summed E-state index contributed by atoms with van der Waals surface area (Å²) < 4.78 is 29.3. The first-order chi connectivity index (χ1) is 8.52. The standard InChI is InChI=1S/C12H16ClNO3S/c13-11-6-9-2-4-17-12(9)10(7-11)8-18(15,16)5-1-3-14/h6-7H,1-5,8,14H2. The summed E-state index contributed by atoms with van der Waals surface area (Å²) in [6, 6.07) is 3.51. The first-order valence-corrected chi connectivity index (χ1v) is 8.06. The van der Waals surface area contributed by atoms with Crippen molar-refractivity contribution in [3.63, 3.8) is 0 Å². The van der Waals surface area contributed by atoms with Gasteiger partial charge in [-0.05, 0) is 30.7 Å². The van der Waals surface area contributed by atoms with E-state index >= 15 is 0 Å². The van der Waals surface area contributed by atoms with E-state index < -0.39 is 9.84 Å². The van der Waals surface area contributed by atoms with Crippen LogP contribution in [0.2, 0.25) is 5.02 Å². The second kappa shape index (κ2) is 5.47. The van der Waals surface area contributed by atoms with Gasteiger partial charge in [0.1, 0.15) is 5.75 Å². The Labute approximate surface area is 112 Å². The van der Waals surface area contributed by atoms with E-state index in [2.05, 4.69) is 0 Å². The monoisotopic (exact) mass is 289 g/mol. The fraction of sp³-hybridized carbons (Fsp3) is 0.500. The SMILES string of the molecule is NCCCS(=O)(=O)Cc1cc(Cl)cc2c1OCC2. The summed E-state index contributed by atoms with van der Waals surface area (Å²) in [4.78, 5) is 0. The number of rotatable bonds is 5. The molecule has 6 heteroatoms. The summed E-state index contributed by atoms with van der Waals surface area (Å²) in [5.41, 5.74) is 6.98. The van der Waals surface area contributed by atoms with Crippen molar-refractivity contribution in [1.82, 2.24) is 0 Å². The van der Waals surface area contributed by atoms with Crippen molar-refractivity contribution in [3.05, 3.63) is 28.3 Å². The van der Waals surface area contributed by atoms with Crippen LogP contribution in [0.5, 0.6) is 5.75 Å². The molecular formula is C12H16ClNO3S. The molecule has 0 fully saturated rings. The molecule has 1 aromatic carbocycles. The van der Waals surface area contributed by atoms with Crippen LogP contribution in [0.1, 0.15) is 17.5 Å².